The van der Waals surface area contributed by atoms with E-state index in [0.717, 1.165) is 30.1 Å². The van der Waals surface area contributed by atoms with Gasteiger partial charge in [-0.1, -0.05) is 12.1 Å². The zero-order chi connectivity index (χ0) is 19.1. The maximum atomic E-state index is 5.25. The normalized spacial score (nSPS) is 10.3. The Bertz CT molecular complexity index is 866. The van der Waals surface area contributed by atoms with E-state index in [1.165, 1.54) is 5.56 Å². The first-order valence-corrected chi connectivity index (χ1v) is 8.75. The zero-order valence-corrected chi connectivity index (χ0v) is 15.8. The molecule has 0 aliphatic carbocycles. The molecule has 3 rings (SSSR count). The number of hydrogen-bond donors (Lipinski definition) is 2. The average Bonchev–Trinajstić information content (AvgIpc) is 2.69. The Hall–Kier alpha value is -3.35. The molecule has 27 heavy (non-hydrogen) atoms. The van der Waals surface area contributed by atoms with Crippen molar-refractivity contribution in [2.75, 3.05) is 43.3 Å². The Morgan fingerprint density at radius 3 is 2.63 bits per heavy atom. The minimum Gasteiger partial charge on any atom is -0.497 e. The molecule has 1 heterocycles. The van der Waals surface area contributed by atoms with Gasteiger partial charge in [0.15, 0.2) is 5.82 Å². The van der Waals surface area contributed by atoms with Gasteiger partial charge < -0.3 is 20.3 Å². The summed E-state index contributed by atoms with van der Waals surface area (Å²) in [7, 11) is 5.69. The molecule has 0 fully saturated rings. The molecule has 0 bridgehead atoms. The predicted molar refractivity (Wildman–Crippen MR) is 109 cm³/mol. The number of anilines is 4. The van der Waals surface area contributed by atoms with Crippen molar-refractivity contribution in [1.82, 2.24) is 15.2 Å². The zero-order valence-electron chi connectivity index (χ0n) is 15.8. The molecule has 0 radical (unpaired) electrons. The predicted octanol–water partition coefficient (Wildman–Crippen LogP) is 3.34. The Labute approximate surface area is 159 Å². The third kappa shape index (κ3) is 5.31. The summed E-state index contributed by atoms with van der Waals surface area (Å²) < 4.78 is 5.25. The fourth-order valence-corrected chi connectivity index (χ4v) is 2.58. The molecule has 0 unspecified atom stereocenters. The molecule has 7 nitrogen and oxygen atoms in total. The van der Waals surface area contributed by atoms with Crippen molar-refractivity contribution in [2.45, 2.75) is 6.42 Å². The SMILES string of the molecule is COc1cccc(CCNc2cnnc(Nc3ccc(N(C)C)cc3)n2)c1. The first kappa shape index (κ1) is 18.4. The molecule has 2 N–H and O–H groups in total. The van der Waals surface area contributed by atoms with Crippen LogP contribution in [0, 0.1) is 0 Å². The molecule has 0 saturated heterocycles. The molecule has 0 amide bonds. The van der Waals surface area contributed by atoms with Crippen LogP contribution in [-0.2, 0) is 6.42 Å². The van der Waals surface area contributed by atoms with E-state index >= 15 is 0 Å². The molecule has 3 aromatic rings. The van der Waals surface area contributed by atoms with Crippen LogP contribution in [0.2, 0.25) is 0 Å². The molecule has 1 aromatic heterocycles. The number of nitrogens with one attached hydrogen (secondary N) is 2. The van der Waals surface area contributed by atoms with Crippen LogP contribution in [0.5, 0.6) is 5.75 Å². The van der Waals surface area contributed by atoms with Crippen LogP contribution in [0.25, 0.3) is 0 Å². The van der Waals surface area contributed by atoms with Crippen LogP contribution in [0.1, 0.15) is 5.56 Å². The minimum absolute atomic E-state index is 0.457. The number of methoxy groups -OCH3 is 1. The highest BCUT2D eigenvalue weighted by Crippen LogP contribution is 2.18. The second-order valence-electron chi connectivity index (χ2n) is 6.26. The quantitative estimate of drug-likeness (QED) is 0.635. The van der Waals surface area contributed by atoms with E-state index in [1.54, 1.807) is 13.3 Å². The maximum absolute atomic E-state index is 5.25. The van der Waals surface area contributed by atoms with Gasteiger partial charge in [0.2, 0.25) is 5.95 Å². The van der Waals surface area contributed by atoms with Gasteiger partial charge in [0.05, 0.1) is 13.3 Å². The largest absolute Gasteiger partial charge is 0.497 e. The van der Waals surface area contributed by atoms with Crippen molar-refractivity contribution in [3.8, 4) is 5.75 Å². The van der Waals surface area contributed by atoms with Crippen LogP contribution in [0.15, 0.2) is 54.7 Å². The molecule has 0 atom stereocenters. The Morgan fingerprint density at radius 1 is 1.07 bits per heavy atom. The second-order valence-corrected chi connectivity index (χ2v) is 6.26. The number of rotatable bonds is 8. The van der Waals surface area contributed by atoms with Crippen molar-refractivity contribution >= 4 is 23.1 Å². The molecule has 0 aliphatic heterocycles. The number of ether oxygens (including phenoxy) is 1. The Balaban J connectivity index is 1.56. The van der Waals surface area contributed by atoms with E-state index in [2.05, 4.69) is 36.8 Å². The van der Waals surface area contributed by atoms with Crippen LogP contribution >= 0.6 is 0 Å². The van der Waals surface area contributed by atoms with E-state index in [4.69, 9.17) is 4.74 Å². The van der Waals surface area contributed by atoms with Gasteiger partial charge in [-0.05, 0) is 48.4 Å². The molecule has 2 aromatic carbocycles. The van der Waals surface area contributed by atoms with E-state index < -0.39 is 0 Å². The monoisotopic (exact) mass is 364 g/mol. The van der Waals surface area contributed by atoms with Gasteiger partial charge in [0, 0.05) is 32.0 Å². The summed E-state index contributed by atoms with van der Waals surface area (Å²) >= 11 is 0. The van der Waals surface area contributed by atoms with Gasteiger partial charge in [-0.2, -0.15) is 10.1 Å². The highest BCUT2D eigenvalue weighted by Gasteiger charge is 2.03. The van der Waals surface area contributed by atoms with Gasteiger partial charge in [-0.15, -0.1) is 5.10 Å². The molecular weight excluding hydrogens is 340 g/mol. The molecule has 0 spiro atoms. The maximum Gasteiger partial charge on any atom is 0.249 e. The van der Waals surface area contributed by atoms with Gasteiger partial charge in [-0.25, -0.2) is 0 Å². The number of aromatic nitrogens is 3. The third-order valence-electron chi connectivity index (χ3n) is 4.05. The summed E-state index contributed by atoms with van der Waals surface area (Å²) in [5.41, 5.74) is 3.24. The number of nitrogens with zero attached hydrogens (tertiary/aromatic N) is 4. The van der Waals surface area contributed by atoms with Gasteiger partial charge >= 0.3 is 0 Å². The van der Waals surface area contributed by atoms with Crippen molar-refractivity contribution in [1.29, 1.82) is 0 Å². The summed E-state index contributed by atoms with van der Waals surface area (Å²) in [4.78, 5) is 6.51. The van der Waals surface area contributed by atoms with Crippen LogP contribution in [0.4, 0.5) is 23.1 Å². The molecule has 0 aliphatic rings. The van der Waals surface area contributed by atoms with Gasteiger partial charge in [0.1, 0.15) is 5.75 Å². The summed E-state index contributed by atoms with van der Waals surface area (Å²) in [6.07, 6.45) is 2.47. The van der Waals surface area contributed by atoms with E-state index in [0.29, 0.717) is 11.8 Å². The number of benzene rings is 2. The van der Waals surface area contributed by atoms with Crippen molar-refractivity contribution in [3.05, 3.63) is 60.3 Å². The van der Waals surface area contributed by atoms with E-state index in [9.17, 15) is 0 Å². The smallest absolute Gasteiger partial charge is 0.249 e. The fraction of sp³-hybridized carbons (Fsp3) is 0.250. The standard InChI is InChI=1S/C20H24N6O/c1-26(2)17-9-7-16(8-10-17)23-20-24-19(14-22-25-20)21-12-11-15-5-4-6-18(13-15)27-3/h4-10,13-14H,11-12H2,1-3H3,(H2,21,23,24,25). The summed E-state index contributed by atoms with van der Waals surface area (Å²) in [6.45, 7) is 0.739. The minimum atomic E-state index is 0.457. The molecule has 0 saturated carbocycles. The lowest BCUT2D eigenvalue weighted by Gasteiger charge is -2.13. The highest BCUT2D eigenvalue weighted by molar-refractivity contribution is 5.59. The second kappa shape index (κ2) is 8.84. The molecular formula is C20H24N6O. The number of hydrogen-bond acceptors (Lipinski definition) is 7. The first-order valence-electron chi connectivity index (χ1n) is 8.75. The van der Waals surface area contributed by atoms with Crippen LogP contribution < -0.4 is 20.3 Å². The van der Waals surface area contributed by atoms with Crippen molar-refractivity contribution in [3.63, 3.8) is 0 Å². The molecule has 140 valence electrons. The topological polar surface area (TPSA) is 75.2 Å². The molecule has 7 heteroatoms. The van der Waals surface area contributed by atoms with Gasteiger partial charge in [-0.3, -0.25) is 0 Å². The summed E-state index contributed by atoms with van der Waals surface area (Å²) in [5, 5.41) is 14.5. The van der Waals surface area contributed by atoms with Crippen molar-refractivity contribution in [2.24, 2.45) is 0 Å². The average molecular weight is 364 g/mol. The fourth-order valence-electron chi connectivity index (χ4n) is 2.58. The summed E-state index contributed by atoms with van der Waals surface area (Å²) in [5.74, 6) is 2.00. The van der Waals surface area contributed by atoms with E-state index in [1.807, 2.05) is 56.6 Å². The van der Waals surface area contributed by atoms with Crippen molar-refractivity contribution < 1.29 is 4.74 Å². The lowest BCUT2D eigenvalue weighted by atomic mass is 10.1. The van der Waals surface area contributed by atoms with E-state index in [-0.39, 0.29) is 0 Å². The Morgan fingerprint density at radius 2 is 1.89 bits per heavy atom. The van der Waals surface area contributed by atoms with Crippen LogP contribution in [-0.4, -0.2) is 42.9 Å². The lowest BCUT2D eigenvalue weighted by Crippen LogP contribution is -2.09. The summed E-state index contributed by atoms with van der Waals surface area (Å²) in [6, 6.07) is 16.1. The first-order chi connectivity index (χ1) is 13.1. The lowest BCUT2D eigenvalue weighted by molar-refractivity contribution is 0.414. The highest BCUT2D eigenvalue weighted by atomic mass is 16.5. The van der Waals surface area contributed by atoms with Crippen LogP contribution in [0.3, 0.4) is 0 Å². The van der Waals surface area contributed by atoms with Gasteiger partial charge in [0.25, 0.3) is 0 Å². The third-order valence-corrected chi connectivity index (χ3v) is 4.05. The Kier molecular flexibility index (Phi) is 6.04.